The number of fused-ring (bicyclic) bond motifs is 1. The lowest BCUT2D eigenvalue weighted by Crippen LogP contribution is -2.35. The van der Waals surface area contributed by atoms with Crippen molar-refractivity contribution >= 4 is 16.9 Å². The van der Waals surface area contributed by atoms with Gasteiger partial charge in [0.05, 0.1) is 5.39 Å². The molecule has 0 aliphatic carbocycles. The Morgan fingerprint density at radius 1 is 1.50 bits per heavy atom. The Labute approximate surface area is 113 Å². The van der Waals surface area contributed by atoms with Crippen LogP contribution in [0.25, 0.3) is 11.0 Å². The molecule has 0 saturated carbocycles. The number of nitrogens with zero attached hydrogens (tertiary/aromatic N) is 3. The van der Waals surface area contributed by atoms with Gasteiger partial charge in [0.2, 0.25) is 6.23 Å². The molecule has 1 aliphatic heterocycles. The van der Waals surface area contributed by atoms with Crippen LogP contribution in [0.1, 0.15) is 13.2 Å². The van der Waals surface area contributed by atoms with Crippen LogP contribution in [0.3, 0.4) is 0 Å². The van der Waals surface area contributed by atoms with Gasteiger partial charge in [-0.05, 0) is 13.0 Å². The lowest BCUT2D eigenvalue weighted by molar-refractivity contribution is -0.0741. The summed E-state index contributed by atoms with van der Waals surface area (Å²) in [5, 5.41) is 30.0. The fraction of sp³-hybridized carbons (Fsp3) is 0.333. The topological polar surface area (TPSA) is 127 Å². The van der Waals surface area contributed by atoms with E-state index in [1.54, 1.807) is 12.3 Å². The molecule has 0 aromatic carbocycles. The van der Waals surface area contributed by atoms with Gasteiger partial charge >= 0.3 is 0 Å². The first-order chi connectivity index (χ1) is 9.46. The second-order valence-electron chi connectivity index (χ2n) is 4.77. The fourth-order valence-corrected chi connectivity index (χ4v) is 2.32. The molecule has 0 radical (unpaired) electrons. The molecule has 106 valence electrons. The van der Waals surface area contributed by atoms with Crippen LogP contribution in [-0.2, 0) is 4.74 Å². The van der Waals surface area contributed by atoms with Gasteiger partial charge in [0.15, 0.2) is 17.1 Å². The monoisotopic (exact) mass is 278 g/mol. The highest BCUT2D eigenvalue weighted by Gasteiger charge is 2.48. The summed E-state index contributed by atoms with van der Waals surface area (Å²) >= 11 is 0. The van der Waals surface area contributed by atoms with E-state index in [1.165, 1.54) is 17.8 Å². The highest BCUT2D eigenvalue weighted by atomic mass is 16.6. The van der Waals surface area contributed by atoms with E-state index < -0.39 is 24.2 Å². The van der Waals surface area contributed by atoms with Crippen LogP contribution in [0.4, 0.5) is 5.82 Å². The van der Waals surface area contributed by atoms with Gasteiger partial charge in [-0.15, -0.1) is 0 Å². The van der Waals surface area contributed by atoms with Crippen LogP contribution < -0.4 is 5.73 Å². The fourth-order valence-electron chi connectivity index (χ4n) is 2.32. The van der Waals surface area contributed by atoms with E-state index in [-0.39, 0.29) is 5.76 Å². The van der Waals surface area contributed by atoms with Gasteiger partial charge in [-0.2, -0.15) is 0 Å². The summed E-state index contributed by atoms with van der Waals surface area (Å²) in [5.74, 6) is -0.149. The molecular weight excluding hydrogens is 264 g/mol. The van der Waals surface area contributed by atoms with Crippen molar-refractivity contribution in [1.29, 1.82) is 0 Å². The first kappa shape index (κ1) is 12.7. The summed E-state index contributed by atoms with van der Waals surface area (Å²) in [6.07, 6.45) is 1.98. The number of nitrogens with two attached hydrogens (primary N) is 1. The molecule has 20 heavy (non-hydrogen) atoms. The van der Waals surface area contributed by atoms with Crippen LogP contribution in [0.15, 0.2) is 30.1 Å². The second kappa shape index (κ2) is 4.09. The zero-order valence-electron chi connectivity index (χ0n) is 10.7. The molecule has 2 aromatic heterocycles. The summed E-state index contributed by atoms with van der Waals surface area (Å²) in [6.45, 7) is 0.890. The number of nitrogen functional groups attached to an aromatic ring is 1. The van der Waals surface area contributed by atoms with Crippen LogP contribution in [-0.4, -0.2) is 42.1 Å². The van der Waals surface area contributed by atoms with Gasteiger partial charge in [-0.1, -0.05) is 0 Å². The molecule has 5 N–H and O–H groups in total. The van der Waals surface area contributed by atoms with Crippen molar-refractivity contribution in [2.75, 3.05) is 12.3 Å². The van der Waals surface area contributed by atoms with E-state index >= 15 is 0 Å². The van der Waals surface area contributed by atoms with Crippen molar-refractivity contribution in [3.8, 4) is 0 Å². The molecular formula is C12H14N4O4. The third-order valence-electron chi connectivity index (χ3n) is 3.41. The molecule has 8 nitrogen and oxygen atoms in total. The third kappa shape index (κ3) is 1.55. The molecule has 2 aromatic rings. The van der Waals surface area contributed by atoms with Crippen LogP contribution >= 0.6 is 0 Å². The van der Waals surface area contributed by atoms with Gasteiger partial charge in [0.25, 0.3) is 0 Å². The minimum absolute atomic E-state index is 0.0659. The average Bonchev–Trinajstić information content (AvgIpc) is 2.92. The first-order valence-corrected chi connectivity index (χ1v) is 5.96. The molecule has 2 atom stereocenters. The predicted octanol–water partition coefficient (Wildman–Crippen LogP) is 0.0552. The minimum atomic E-state index is -1.68. The summed E-state index contributed by atoms with van der Waals surface area (Å²) in [6, 6.07) is 1.69. The van der Waals surface area contributed by atoms with Crippen molar-refractivity contribution in [3.05, 3.63) is 30.1 Å². The largest absolute Gasteiger partial charge is 0.506 e. The minimum Gasteiger partial charge on any atom is -0.506 e. The quantitative estimate of drug-likeness (QED) is 0.611. The second-order valence-corrected chi connectivity index (χ2v) is 4.77. The Bertz CT molecular complexity index is 707. The van der Waals surface area contributed by atoms with E-state index in [1.807, 2.05) is 0 Å². The standard InChI is InChI=1S/C12H14N4O4/c1-12(19)8(18)7(4-17)20-11(12)16-3-2-6-9(13)14-5-15-10(6)16/h2-3,5,11,17-19H,4H2,1H3,(H2,13,14,15)/t11-,12?/m1/s1. The molecule has 0 bridgehead atoms. The number of aliphatic hydroxyl groups excluding tert-OH is 2. The maximum Gasteiger partial charge on any atom is 0.213 e. The van der Waals surface area contributed by atoms with E-state index in [9.17, 15) is 10.2 Å². The Kier molecular flexibility index (Phi) is 2.59. The van der Waals surface area contributed by atoms with Gasteiger partial charge < -0.3 is 25.8 Å². The Hall–Kier alpha value is -2.32. The van der Waals surface area contributed by atoms with Crippen LogP contribution in [0, 0.1) is 0 Å². The van der Waals surface area contributed by atoms with Crippen molar-refractivity contribution in [2.45, 2.75) is 18.8 Å². The number of aliphatic hydroxyl groups is 3. The third-order valence-corrected chi connectivity index (χ3v) is 3.41. The molecule has 0 amide bonds. The first-order valence-electron chi connectivity index (χ1n) is 5.96. The van der Waals surface area contributed by atoms with E-state index in [0.29, 0.717) is 16.9 Å². The molecule has 1 unspecified atom stereocenters. The van der Waals surface area contributed by atoms with Gasteiger partial charge in [0, 0.05) is 6.20 Å². The summed E-state index contributed by atoms with van der Waals surface area (Å²) < 4.78 is 6.96. The molecule has 8 heteroatoms. The van der Waals surface area contributed by atoms with Crippen molar-refractivity contribution in [2.24, 2.45) is 0 Å². The lowest BCUT2D eigenvalue weighted by atomic mass is 10.0. The predicted molar refractivity (Wildman–Crippen MR) is 69.4 cm³/mol. The van der Waals surface area contributed by atoms with E-state index in [4.69, 9.17) is 15.6 Å². The maximum atomic E-state index is 10.4. The summed E-state index contributed by atoms with van der Waals surface area (Å²) in [4.78, 5) is 7.99. The Balaban J connectivity index is 2.12. The normalized spacial score (nSPS) is 26.2. The van der Waals surface area contributed by atoms with Gasteiger partial charge in [-0.3, -0.25) is 4.57 Å². The number of rotatable bonds is 2. The average molecular weight is 278 g/mol. The number of hydrogen-bond donors (Lipinski definition) is 4. The maximum absolute atomic E-state index is 10.4. The van der Waals surface area contributed by atoms with E-state index in [0.717, 1.165) is 0 Å². The highest BCUT2D eigenvalue weighted by molar-refractivity contribution is 5.86. The number of aromatic nitrogens is 3. The zero-order chi connectivity index (χ0) is 14.5. The molecule has 0 spiro atoms. The Morgan fingerprint density at radius 3 is 2.90 bits per heavy atom. The van der Waals surface area contributed by atoms with Gasteiger partial charge in [-0.25, -0.2) is 9.97 Å². The number of hydrogen-bond acceptors (Lipinski definition) is 7. The molecule has 1 aliphatic rings. The number of ether oxygens (including phenoxy) is 1. The molecule has 3 heterocycles. The lowest BCUT2D eigenvalue weighted by Gasteiger charge is -2.26. The zero-order valence-corrected chi connectivity index (χ0v) is 10.7. The molecule has 0 saturated heterocycles. The summed E-state index contributed by atoms with van der Waals surface area (Å²) in [7, 11) is 0. The SMILES string of the molecule is CC1(O)C(O)=C(CO)O[C@H]1n1ccc2c(N)ncnc21. The highest BCUT2D eigenvalue weighted by Crippen LogP contribution is 2.41. The van der Waals surface area contributed by atoms with Gasteiger partial charge in [0.1, 0.15) is 24.4 Å². The molecule has 0 fully saturated rings. The number of anilines is 1. The van der Waals surface area contributed by atoms with Crippen molar-refractivity contribution in [1.82, 2.24) is 14.5 Å². The molecule has 3 rings (SSSR count). The van der Waals surface area contributed by atoms with Crippen molar-refractivity contribution in [3.63, 3.8) is 0 Å². The smallest absolute Gasteiger partial charge is 0.213 e. The summed E-state index contributed by atoms with van der Waals surface area (Å²) in [5.41, 5.74) is 4.54. The van der Waals surface area contributed by atoms with Crippen molar-refractivity contribution < 1.29 is 20.1 Å². The van der Waals surface area contributed by atoms with Crippen LogP contribution in [0.2, 0.25) is 0 Å². The van der Waals surface area contributed by atoms with E-state index in [2.05, 4.69) is 9.97 Å². The van der Waals surface area contributed by atoms with Crippen LogP contribution in [0.5, 0.6) is 0 Å². The Morgan fingerprint density at radius 2 is 2.25 bits per heavy atom.